The van der Waals surface area contributed by atoms with Gasteiger partial charge in [0.25, 0.3) is 0 Å². The van der Waals surface area contributed by atoms with Gasteiger partial charge in [0.1, 0.15) is 0 Å². The summed E-state index contributed by atoms with van der Waals surface area (Å²) in [5.74, 6) is 0.855. The molecule has 4 heterocycles. The highest BCUT2D eigenvalue weighted by Crippen LogP contribution is 2.28. The summed E-state index contributed by atoms with van der Waals surface area (Å²) in [6.45, 7) is 1.96. The zero-order chi connectivity index (χ0) is 21.0. The summed E-state index contributed by atoms with van der Waals surface area (Å²) in [5.41, 5.74) is 4.20. The quantitative estimate of drug-likeness (QED) is 0.489. The van der Waals surface area contributed by atoms with E-state index in [1.54, 1.807) is 12.4 Å². The molecular formula is C23H21N5O2S. The third kappa shape index (κ3) is 4.49. The minimum Gasteiger partial charge on any atom is -0.367 e. The van der Waals surface area contributed by atoms with E-state index in [1.807, 2.05) is 35.6 Å². The van der Waals surface area contributed by atoms with Crippen LogP contribution in [-0.4, -0.2) is 27.6 Å². The van der Waals surface area contributed by atoms with Gasteiger partial charge < -0.3 is 14.7 Å². The second-order valence-corrected chi connectivity index (χ2v) is 8.38. The molecule has 3 aromatic heterocycles. The first-order valence-electron chi connectivity index (χ1n) is 10.2. The van der Waals surface area contributed by atoms with E-state index in [-0.39, 0.29) is 12.3 Å². The Morgan fingerprint density at radius 1 is 1.13 bits per heavy atom. The maximum absolute atomic E-state index is 12.3. The fourth-order valence-corrected chi connectivity index (χ4v) is 4.53. The van der Waals surface area contributed by atoms with Gasteiger partial charge in [0.05, 0.1) is 0 Å². The van der Waals surface area contributed by atoms with Gasteiger partial charge >= 0.3 is 0 Å². The normalized spacial score (nSPS) is 13.1. The molecule has 4 aromatic rings. The number of aryl methyl sites for hydroxylation is 1. The number of thiophene rings is 1. The van der Waals surface area contributed by atoms with Crippen molar-refractivity contribution in [1.82, 2.24) is 15.1 Å². The van der Waals surface area contributed by atoms with Crippen molar-refractivity contribution in [3.8, 4) is 11.4 Å². The lowest BCUT2D eigenvalue weighted by atomic mass is 10.1. The molecular weight excluding hydrogens is 410 g/mol. The first kappa shape index (κ1) is 19.4. The molecule has 0 aliphatic carbocycles. The molecule has 1 amide bonds. The van der Waals surface area contributed by atoms with Crippen molar-refractivity contribution in [2.24, 2.45) is 0 Å². The van der Waals surface area contributed by atoms with Gasteiger partial charge in [-0.05, 0) is 59.8 Å². The zero-order valence-corrected chi connectivity index (χ0v) is 17.6. The summed E-state index contributed by atoms with van der Waals surface area (Å²) in [7, 11) is 0. The number of pyridine rings is 1. The molecule has 1 aliphatic rings. The first-order chi connectivity index (χ1) is 15.2. The molecule has 7 nitrogen and oxygen atoms in total. The van der Waals surface area contributed by atoms with Crippen molar-refractivity contribution < 1.29 is 9.32 Å². The highest BCUT2D eigenvalue weighted by atomic mass is 32.1. The van der Waals surface area contributed by atoms with Crippen molar-refractivity contribution in [2.75, 3.05) is 16.8 Å². The van der Waals surface area contributed by atoms with Crippen LogP contribution in [0.1, 0.15) is 22.8 Å². The minimum atomic E-state index is -0.0858. The lowest BCUT2D eigenvalue weighted by molar-refractivity contribution is -0.116. The molecule has 1 aromatic carbocycles. The van der Waals surface area contributed by atoms with E-state index in [2.05, 4.69) is 48.9 Å². The molecule has 0 unspecified atom stereocenters. The van der Waals surface area contributed by atoms with Gasteiger partial charge in [-0.3, -0.25) is 9.78 Å². The number of hydrogen-bond donors (Lipinski definition) is 1. The fourth-order valence-electron chi connectivity index (χ4n) is 3.64. The van der Waals surface area contributed by atoms with Crippen LogP contribution in [0.4, 0.5) is 11.4 Å². The Bertz CT molecular complexity index is 1170. The van der Waals surface area contributed by atoms with Crippen LogP contribution in [0.3, 0.4) is 0 Å². The molecule has 31 heavy (non-hydrogen) atoms. The number of rotatable bonds is 6. The number of amides is 1. The molecule has 0 saturated heterocycles. The fraction of sp³-hybridized carbons (Fsp3) is 0.217. The number of carbonyl (C=O) groups excluding carboxylic acids is 1. The third-order valence-electron chi connectivity index (χ3n) is 5.30. The number of nitrogens with one attached hydrogen (secondary N) is 1. The highest BCUT2D eigenvalue weighted by molar-refractivity contribution is 7.10. The van der Waals surface area contributed by atoms with Crippen molar-refractivity contribution in [3.63, 3.8) is 0 Å². The highest BCUT2D eigenvalue weighted by Gasteiger charge is 2.17. The van der Waals surface area contributed by atoms with Gasteiger partial charge in [0.2, 0.25) is 17.6 Å². The summed E-state index contributed by atoms with van der Waals surface area (Å²) in [5, 5.41) is 9.07. The number of nitrogens with zero attached hydrogens (tertiary/aromatic N) is 4. The Labute approximate surface area is 183 Å². The number of anilines is 2. The number of benzene rings is 1. The van der Waals surface area contributed by atoms with E-state index < -0.39 is 0 Å². The second-order valence-electron chi connectivity index (χ2n) is 7.38. The molecule has 1 aliphatic heterocycles. The molecule has 0 bridgehead atoms. The molecule has 8 heteroatoms. The van der Waals surface area contributed by atoms with Gasteiger partial charge in [-0.1, -0.05) is 5.16 Å². The van der Waals surface area contributed by atoms with Gasteiger partial charge in [0, 0.05) is 60.1 Å². The van der Waals surface area contributed by atoms with Crippen LogP contribution in [0, 0.1) is 0 Å². The summed E-state index contributed by atoms with van der Waals surface area (Å²) >= 11 is 1.84. The molecule has 1 N–H and O–H groups in total. The van der Waals surface area contributed by atoms with Crippen molar-refractivity contribution >= 4 is 28.6 Å². The Hall–Kier alpha value is -3.52. The monoisotopic (exact) mass is 431 g/mol. The van der Waals surface area contributed by atoms with Crippen LogP contribution in [0.2, 0.25) is 0 Å². The van der Waals surface area contributed by atoms with Gasteiger partial charge in [-0.25, -0.2) is 0 Å². The Kier molecular flexibility index (Phi) is 5.45. The summed E-state index contributed by atoms with van der Waals surface area (Å²) in [4.78, 5) is 24.5. The van der Waals surface area contributed by atoms with Crippen LogP contribution in [0.5, 0.6) is 0 Å². The third-order valence-corrected chi connectivity index (χ3v) is 6.32. The SMILES string of the molecule is O=C(CCc1nc(-c2ccncc2)no1)Nc1ccc(N2CCc3sccc3C2)cc1. The smallest absolute Gasteiger partial charge is 0.227 e. The van der Waals surface area contributed by atoms with Crippen molar-refractivity contribution in [3.05, 3.63) is 76.6 Å². The molecule has 0 atom stereocenters. The first-order valence-corrected chi connectivity index (χ1v) is 11.1. The largest absolute Gasteiger partial charge is 0.367 e. The topological polar surface area (TPSA) is 84.1 Å². The van der Waals surface area contributed by atoms with Gasteiger partial charge in [-0.15, -0.1) is 11.3 Å². The van der Waals surface area contributed by atoms with E-state index in [9.17, 15) is 4.79 Å². The van der Waals surface area contributed by atoms with Gasteiger partial charge in [0.15, 0.2) is 0 Å². The lowest BCUT2D eigenvalue weighted by Crippen LogP contribution is -2.29. The number of aromatic nitrogens is 3. The van der Waals surface area contributed by atoms with Crippen LogP contribution >= 0.6 is 11.3 Å². The molecule has 0 spiro atoms. The lowest BCUT2D eigenvalue weighted by Gasteiger charge is -2.29. The van der Waals surface area contributed by atoms with Crippen LogP contribution < -0.4 is 10.2 Å². The van der Waals surface area contributed by atoms with Crippen LogP contribution in [-0.2, 0) is 24.2 Å². The number of fused-ring (bicyclic) bond motifs is 1. The Balaban J connectivity index is 1.14. The summed E-state index contributed by atoms with van der Waals surface area (Å²) < 4.78 is 5.26. The van der Waals surface area contributed by atoms with Crippen LogP contribution in [0.15, 0.2) is 64.8 Å². The minimum absolute atomic E-state index is 0.0858. The predicted molar refractivity (Wildman–Crippen MR) is 120 cm³/mol. The maximum Gasteiger partial charge on any atom is 0.227 e. The van der Waals surface area contributed by atoms with Gasteiger partial charge in [-0.2, -0.15) is 4.98 Å². The van der Waals surface area contributed by atoms with Crippen LogP contribution in [0.25, 0.3) is 11.4 Å². The predicted octanol–water partition coefficient (Wildman–Crippen LogP) is 4.33. The summed E-state index contributed by atoms with van der Waals surface area (Å²) in [6, 6.07) is 13.9. The van der Waals surface area contributed by atoms with E-state index in [0.717, 1.165) is 30.8 Å². The van der Waals surface area contributed by atoms with Crippen molar-refractivity contribution in [2.45, 2.75) is 25.8 Å². The zero-order valence-electron chi connectivity index (χ0n) is 16.8. The number of carbonyl (C=O) groups is 1. The second kappa shape index (κ2) is 8.69. The molecule has 0 radical (unpaired) electrons. The number of hydrogen-bond acceptors (Lipinski definition) is 7. The molecule has 5 rings (SSSR count). The van der Waals surface area contributed by atoms with E-state index in [4.69, 9.17) is 4.52 Å². The maximum atomic E-state index is 12.3. The Morgan fingerprint density at radius 3 is 2.81 bits per heavy atom. The molecule has 156 valence electrons. The average Bonchev–Trinajstić information content (AvgIpc) is 3.48. The average molecular weight is 432 g/mol. The van der Waals surface area contributed by atoms with Crippen molar-refractivity contribution in [1.29, 1.82) is 0 Å². The van der Waals surface area contributed by atoms with E-state index in [1.165, 1.54) is 16.1 Å². The molecule has 0 fully saturated rings. The molecule has 0 saturated carbocycles. The van der Waals surface area contributed by atoms with E-state index >= 15 is 0 Å². The standard InChI is InChI=1S/C23H21N5O2S/c29-21(5-6-22-26-23(27-30-22)16-7-11-24-12-8-16)25-18-1-3-19(4-2-18)28-13-9-20-17(15-28)10-14-31-20/h1-4,7-8,10-12,14H,5-6,9,13,15H2,(H,25,29). The summed E-state index contributed by atoms with van der Waals surface area (Å²) in [6.07, 6.45) is 5.10. The van der Waals surface area contributed by atoms with E-state index in [0.29, 0.717) is 18.1 Å². The Morgan fingerprint density at radius 2 is 1.97 bits per heavy atom.